The zero-order valence-electron chi connectivity index (χ0n) is 16.1. The van der Waals surface area contributed by atoms with E-state index in [0.717, 1.165) is 22.6 Å². The fourth-order valence-corrected chi connectivity index (χ4v) is 4.30. The SMILES string of the molecule is Cc1occc1-c1nnc(S[C@@H](C)C(=O)Nc2nc(-c3ccccc3)cs2)n1C. The molecule has 3 aromatic heterocycles. The second-order valence-electron chi connectivity index (χ2n) is 6.41. The summed E-state index contributed by atoms with van der Waals surface area (Å²) in [5, 5.41) is 14.2. The van der Waals surface area contributed by atoms with Gasteiger partial charge in [0.25, 0.3) is 0 Å². The highest BCUT2D eigenvalue weighted by Gasteiger charge is 2.21. The van der Waals surface area contributed by atoms with Crippen molar-refractivity contribution in [3.05, 3.63) is 53.8 Å². The molecule has 4 rings (SSSR count). The highest BCUT2D eigenvalue weighted by Crippen LogP contribution is 2.29. The van der Waals surface area contributed by atoms with Crippen molar-refractivity contribution in [1.82, 2.24) is 19.7 Å². The summed E-state index contributed by atoms with van der Waals surface area (Å²) in [5.74, 6) is 1.35. The lowest BCUT2D eigenvalue weighted by atomic mass is 10.2. The van der Waals surface area contributed by atoms with Gasteiger partial charge >= 0.3 is 0 Å². The number of nitrogens with zero attached hydrogens (tertiary/aromatic N) is 4. The number of nitrogens with one attached hydrogen (secondary N) is 1. The molecule has 1 atom stereocenters. The number of furan rings is 1. The minimum absolute atomic E-state index is 0.131. The van der Waals surface area contributed by atoms with Crippen LogP contribution in [0.3, 0.4) is 0 Å². The molecule has 0 radical (unpaired) electrons. The Bertz CT molecular complexity index is 1130. The lowest BCUT2D eigenvalue weighted by molar-refractivity contribution is -0.115. The van der Waals surface area contributed by atoms with Crippen LogP contribution >= 0.6 is 23.1 Å². The van der Waals surface area contributed by atoms with Crippen LogP contribution in [0.1, 0.15) is 12.7 Å². The van der Waals surface area contributed by atoms with Crippen LogP contribution in [0.5, 0.6) is 0 Å². The van der Waals surface area contributed by atoms with E-state index in [0.29, 0.717) is 16.1 Å². The van der Waals surface area contributed by atoms with Crippen LogP contribution in [0.15, 0.2) is 57.6 Å². The van der Waals surface area contributed by atoms with E-state index in [1.807, 2.05) is 67.2 Å². The van der Waals surface area contributed by atoms with Crippen LogP contribution in [-0.4, -0.2) is 30.9 Å². The van der Waals surface area contributed by atoms with Crippen molar-refractivity contribution >= 4 is 34.1 Å². The summed E-state index contributed by atoms with van der Waals surface area (Å²) in [6.45, 7) is 3.72. The van der Waals surface area contributed by atoms with Gasteiger partial charge in [-0.05, 0) is 19.9 Å². The number of carbonyl (C=O) groups is 1. The van der Waals surface area contributed by atoms with Crippen LogP contribution in [-0.2, 0) is 11.8 Å². The molecular weight excluding hydrogens is 406 g/mol. The molecule has 0 fully saturated rings. The molecule has 7 nitrogen and oxygen atoms in total. The maximum absolute atomic E-state index is 12.6. The van der Waals surface area contributed by atoms with Gasteiger partial charge in [0.1, 0.15) is 5.76 Å². The normalized spacial score (nSPS) is 12.1. The number of amides is 1. The van der Waals surface area contributed by atoms with Gasteiger partial charge < -0.3 is 14.3 Å². The fourth-order valence-electron chi connectivity index (χ4n) is 2.76. The van der Waals surface area contributed by atoms with Crippen molar-refractivity contribution < 1.29 is 9.21 Å². The molecule has 1 amide bonds. The van der Waals surface area contributed by atoms with Gasteiger partial charge in [0.15, 0.2) is 16.1 Å². The number of hydrogen-bond acceptors (Lipinski definition) is 7. The van der Waals surface area contributed by atoms with Crippen molar-refractivity contribution in [1.29, 1.82) is 0 Å². The Balaban J connectivity index is 1.42. The van der Waals surface area contributed by atoms with Crippen LogP contribution in [0.4, 0.5) is 5.13 Å². The summed E-state index contributed by atoms with van der Waals surface area (Å²) in [7, 11) is 1.88. The molecule has 0 aliphatic rings. The summed E-state index contributed by atoms with van der Waals surface area (Å²) in [6, 6.07) is 11.7. The van der Waals surface area contributed by atoms with Crippen molar-refractivity contribution in [2.45, 2.75) is 24.3 Å². The second kappa shape index (κ2) is 8.22. The largest absolute Gasteiger partial charge is 0.469 e. The van der Waals surface area contributed by atoms with Gasteiger partial charge in [-0.2, -0.15) is 0 Å². The van der Waals surface area contributed by atoms with Gasteiger partial charge in [0.05, 0.1) is 22.8 Å². The lowest BCUT2D eigenvalue weighted by Gasteiger charge is -2.10. The van der Waals surface area contributed by atoms with E-state index >= 15 is 0 Å². The number of rotatable bonds is 6. The number of aromatic nitrogens is 4. The molecule has 3 heterocycles. The molecular formula is C20H19N5O2S2. The summed E-state index contributed by atoms with van der Waals surface area (Å²) in [4.78, 5) is 17.1. The summed E-state index contributed by atoms with van der Waals surface area (Å²) < 4.78 is 7.21. The number of benzene rings is 1. The summed E-state index contributed by atoms with van der Waals surface area (Å²) >= 11 is 2.76. The smallest absolute Gasteiger partial charge is 0.239 e. The van der Waals surface area contributed by atoms with Crippen LogP contribution < -0.4 is 5.32 Å². The van der Waals surface area contributed by atoms with Crippen molar-refractivity contribution in [3.63, 3.8) is 0 Å². The van der Waals surface area contributed by atoms with E-state index in [4.69, 9.17) is 4.42 Å². The topological polar surface area (TPSA) is 85.8 Å². The minimum Gasteiger partial charge on any atom is -0.469 e. The molecule has 0 unspecified atom stereocenters. The van der Waals surface area contributed by atoms with Crippen molar-refractivity contribution in [2.24, 2.45) is 7.05 Å². The van der Waals surface area contributed by atoms with Crippen molar-refractivity contribution in [2.75, 3.05) is 5.32 Å². The van der Waals surface area contributed by atoms with Gasteiger partial charge in [0.2, 0.25) is 5.91 Å². The molecule has 0 bridgehead atoms. The number of thioether (sulfide) groups is 1. The molecule has 29 heavy (non-hydrogen) atoms. The maximum atomic E-state index is 12.6. The predicted octanol–water partition coefficient (Wildman–Crippen LogP) is 4.63. The first-order chi connectivity index (χ1) is 14.0. The van der Waals surface area contributed by atoms with Gasteiger partial charge in [-0.25, -0.2) is 4.98 Å². The van der Waals surface area contributed by atoms with E-state index in [-0.39, 0.29) is 11.2 Å². The number of hydrogen-bond donors (Lipinski definition) is 1. The van der Waals surface area contributed by atoms with Gasteiger partial charge in [-0.3, -0.25) is 4.79 Å². The second-order valence-corrected chi connectivity index (χ2v) is 8.57. The van der Waals surface area contributed by atoms with Crippen molar-refractivity contribution in [3.8, 4) is 22.6 Å². The first-order valence-corrected chi connectivity index (χ1v) is 10.7. The van der Waals surface area contributed by atoms with Crippen LogP contribution in [0, 0.1) is 6.92 Å². The average Bonchev–Trinajstić information content (AvgIpc) is 3.44. The highest BCUT2D eigenvalue weighted by molar-refractivity contribution is 8.00. The third-order valence-corrected chi connectivity index (χ3v) is 6.28. The Morgan fingerprint density at radius 3 is 2.76 bits per heavy atom. The summed E-state index contributed by atoms with van der Waals surface area (Å²) in [5.41, 5.74) is 2.76. The zero-order valence-corrected chi connectivity index (χ0v) is 17.8. The average molecular weight is 426 g/mol. The van der Waals surface area contributed by atoms with Crippen LogP contribution in [0.2, 0.25) is 0 Å². The van der Waals surface area contributed by atoms with E-state index in [2.05, 4.69) is 20.5 Å². The Morgan fingerprint density at radius 2 is 2.03 bits per heavy atom. The molecule has 148 valence electrons. The quantitative estimate of drug-likeness (QED) is 0.454. The Kier molecular flexibility index (Phi) is 5.50. The Hall–Kier alpha value is -2.91. The van der Waals surface area contributed by atoms with E-state index < -0.39 is 0 Å². The first kappa shape index (κ1) is 19.4. The molecule has 4 aromatic rings. The third-order valence-electron chi connectivity index (χ3n) is 4.39. The maximum Gasteiger partial charge on any atom is 0.239 e. The van der Waals surface area contributed by atoms with E-state index in [1.54, 1.807) is 6.26 Å². The van der Waals surface area contributed by atoms with Gasteiger partial charge in [0, 0.05) is 18.0 Å². The molecule has 0 aliphatic heterocycles. The first-order valence-electron chi connectivity index (χ1n) is 8.95. The lowest BCUT2D eigenvalue weighted by Crippen LogP contribution is -2.22. The third kappa shape index (κ3) is 4.10. The fraction of sp³-hybridized carbons (Fsp3) is 0.200. The van der Waals surface area contributed by atoms with E-state index in [9.17, 15) is 4.79 Å². The van der Waals surface area contributed by atoms with Crippen LogP contribution in [0.25, 0.3) is 22.6 Å². The standard InChI is InChI=1S/C20H19N5O2S2/c1-12-15(9-10-27-12)17-23-24-20(25(17)3)29-13(2)18(26)22-19-21-16(11-28-19)14-7-5-4-6-8-14/h4-11,13H,1-3H3,(H,21,22,26)/t13-/m0/s1. The Morgan fingerprint density at radius 1 is 1.24 bits per heavy atom. The molecule has 0 aliphatic carbocycles. The molecule has 1 aromatic carbocycles. The Labute approximate surface area is 176 Å². The zero-order chi connectivity index (χ0) is 20.4. The number of carbonyl (C=O) groups excluding carboxylic acids is 1. The molecule has 0 spiro atoms. The number of anilines is 1. The van der Waals surface area contributed by atoms with E-state index in [1.165, 1.54) is 23.1 Å². The predicted molar refractivity (Wildman–Crippen MR) is 115 cm³/mol. The van der Waals surface area contributed by atoms with Gasteiger partial charge in [-0.1, -0.05) is 42.1 Å². The molecule has 0 saturated carbocycles. The monoisotopic (exact) mass is 425 g/mol. The highest BCUT2D eigenvalue weighted by atomic mass is 32.2. The molecule has 1 N–H and O–H groups in total. The van der Waals surface area contributed by atoms with Gasteiger partial charge in [-0.15, -0.1) is 21.5 Å². The molecule has 0 saturated heterocycles. The number of thiazole rings is 1. The molecule has 9 heteroatoms. The summed E-state index contributed by atoms with van der Waals surface area (Å²) in [6.07, 6.45) is 1.62. The number of aryl methyl sites for hydroxylation is 1. The minimum atomic E-state index is -0.361.